The summed E-state index contributed by atoms with van der Waals surface area (Å²) in [6.07, 6.45) is 0.268. The number of rotatable bonds is 8. The van der Waals surface area contributed by atoms with Gasteiger partial charge in [0.2, 0.25) is 11.8 Å². The van der Waals surface area contributed by atoms with E-state index in [0.29, 0.717) is 21.8 Å². The first-order chi connectivity index (χ1) is 17.8. The molecule has 4 amide bonds. The summed E-state index contributed by atoms with van der Waals surface area (Å²) in [5.74, 6) is -1.67. The van der Waals surface area contributed by atoms with Crippen molar-refractivity contribution in [1.29, 1.82) is 0 Å². The predicted molar refractivity (Wildman–Crippen MR) is 142 cm³/mol. The van der Waals surface area contributed by atoms with Gasteiger partial charge in [-0.05, 0) is 59.5 Å². The molecule has 0 spiro atoms. The molecule has 37 heavy (non-hydrogen) atoms. The summed E-state index contributed by atoms with van der Waals surface area (Å²) in [6, 6.07) is 21.7. The van der Waals surface area contributed by atoms with Gasteiger partial charge in [0.25, 0.3) is 11.8 Å². The molecule has 0 saturated heterocycles. The first kappa shape index (κ1) is 25.5. The number of thiophene rings is 1. The number of carbonyl (C=O) groups excluding carboxylic acids is 4. The molecule has 0 unspecified atom stereocenters. The van der Waals surface area contributed by atoms with Crippen LogP contribution in [0.3, 0.4) is 0 Å². The van der Waals surface area contributed by atoms with Crippen LogP contribution in [-0.2, 0) is 16.0 Å². The van der Waals surface area contributed by atoms with E-state index in [1.807, 2.05) is 30.3 Å². The minimum Gasteiger partial charge on any atom is -0.340 e. The van der Waals surface area contributed by atoms with E-state index in [9.17, 15) is 19.2 Å². The number of amides is 4. The minimum absolute atomic E-state index is 0.217. The summed E-state index contributed by atoms with van der Waals surface area (Å²) >= 11 is 1.21. The van der Waals surface area contributed by atoms with E-state index in [4.69, 9.17) is 5.21 Å². The number of hydrogen-bond acceptors (Lipinski definition) is 6. The highest BCUT2D eigenvalue weighted by atomic mass is 32.1. The first-order valence-electron chi connectivity index (χ1n) is 11.3. The lowest BCUT2D eigenvalue weighted by atomic mass is 10.0. The van der Waals surface area contributed by atoms with Gasteiger partial charge in [-0.15, -0.1) is 11.3 Å². The molecule has 0 radical (unpaired) electrons. The topological polar surface area (TPSA) is 137 Å². The number of nitrogens with one attached hydrogen (secondary N) is 4. The van der Waals surface area contributed by atoms with E-state index in [0.717, 1.165) is 15.6 Å². The first-order valence-corrected chi connectivity index (χ1v) is 12.2. The third kappa shape index (κ3) is 6.57. The Morgan fingerprint density at radius 3 is 2.22 bits per heavy atom. The van der Waals surface area contributed by atoms with Gasteiger partial charge < -0.3 is 16.0 Å². The van der Waals surface area contributed by atoms with E-state index < -0.39 is 23.8 Å². The molecule has 1 atom stereocenters. The number of anilines is 2. The second-order valence-corrected chi connectivity index (χ2v) is 9.35. The molecule has 0 fully saturated rings. The lowest BCUT2D eigenvalue weighted by molar-refractivity contribution is -0.118. The highest BCUT2D eigenvalue weighted by molar-refractivity contribution is 7.20. The SMILES string of the molecule is CC(=O)Nc1ccc(C(=O)N[C@@H](Cc2ccccc2)C(=O)Nc2ccc3sc(C(=O)NO)cc3c2)cc1. The molecule has 10 heteroatoms. The van der Waals surface area contributed by atoms with E-state index in [1.165, 1.54) is 18.3 Å². The van der Waals surface area contributed by atoms with Crippen LogP contribution in [0.15, 0.2) is 78.9 Å². The Morgan fingerprint density at radius 1 is 0.838 bits per heavy atom. The molecule has 5 N–H and O–H groups in total. The van der Waals surface area contributed by atoms with E-state index >= 15 is 0 Å². The summed E-state index contributed by atoms with van der Waals surface area (Å²) in [4.78, 5) is 49.5. The largest absolute Gasteiger partial charge is 0.340 e. The van der Waals surface area contributed by atoms with Gasteiger partial charge in [-0.1, -0.05) is 30.3 Å². The third-order valence-electron chi connectivity index (χ3n) is 5.48. The Morgan fingerprint density at radius 2 is 1.54 bits per heavy atom. The molecule has 4 aromatic rings. The second kappa shape index (κ2) is 11.5. The smallest absolute Gasteiger partial charge is 0.284 e. The quantitative estimate of drug-likeness (QED) is 0.178. The molecule has 0 aliphatic heterocycles. The van der Waals surface area contributed by atoms with Gasteiger partial charge in [-0.2, -0.15) is 0 Å². The number of carbonyl (C=O) groups is 4. The van der Waals surface area contributed by atoms with Crippen molar-refractivity contribution in [2.45, 2.75) is 19.4 Å². The lowest BCUT2D eigenvalue weighted by Gasteiger charge is -2.19. The van der Waals surface area contributed by atoms with Crippen molar-refractivity contribution < 1.29 is 24.4 Å². The van der Waals surface area contributed by atoms with Crippen molar-refractivity contribution in [2.24, 2.45) is 0 Å². The lowest BCUT2D eigenvalue weighted by Crippen LogP contribution is -2.45. The average Bonchev–Trinajstić information content (AvgIpc) is 3.32. The van der Waals surface area contributed by atoms with Crippen LogP contribution in [0.4, 0.5) is 11.4 Å². The van der Waals surface area contributed by atoms with Gasteiger partial charge in [0.15, 0.2) is 0 Å². The Labute approximate surface area is 216 Å². The van der Waals surface area contributed by atoms with E-state index in [2.05, 4.69) is 16.0 Å². The third-order valence-corrected chi connectivity index (χ3v) is 6.60. The zero-order valence-electron chi connectivity index (χ0n) is 19.8. The molecular weight excluding hydrogens is 492 g/mol. The number of fused-ring (bicyclic) bond motifs is 1. The average molecular weight is 517 g/mol. The van der Waals surface area contributed by atoms with Gasteiger partial charge in [0, 0.05) is 35.0 Å². The number of benzene rings is 3. The predicted octanol–water partition coefficient (Wildman–Crippen LogP) is 3.96. The van der Waals surface area contributed by atoms with Crippen LogP contribution in [0.25, 0.3) is 10.1 Å². The van der Waals surface area contributed by atoms with Crippen molar-refractivity contribution in [1.82, 2.24) is 10.8 Å². The molecule has 1 heterocycles. The molecule has 1 aromatic heterocycles. The van der Waals surface area contributed by atoms with Gasteiger partial charge in [-0.25, -0.2) is 5.48 Å². The summed E-state index contributed by atoms with van der Waals surface area (Å²) in [5, 5.41) is 17.9. The summed E-state index contributed by atoms with van der Waals surface area (Å²) in [5.41, 5.74) is 3.89. The van der Waals surface area contributed by atoms with Crippen LogP contribution >= 0.6 is 11.3 Å². The van der Waals surface area contributed by atoms with Crippen molar-refractivity contribution in [2.75, 3.05) is 10.6 Å². The summed E-state index contributed by atoms with van der Waals surface area (Å²) in [7, 11) is 0. The molecule has 0 saturated carbocycles. The Kier molecular flexibility index (Phi) is 7.92. The zero-order chi connectivity index (χ0) is 26.4. The maximum Gasteiger partial charge on any atom is 0.284 e. The molecule has 4 rings (SSSR count). The normalized spacial score (nSPS) is 11.4. The fourth-order valence-electron chi connectivity index (χ4n) is 3.73. The molecule has 0 aliphatic carbocycles. The van der Waals surface area contributed by atoms with Crippen LogP contribution in [0.5, 0.6) is 0 Å². The Balaban J connectivity index is 1.52. The highest BCUT2D eigenvalue weighted by Gasteiger charge is 2.22. The summed E-state index contributed by atoms with van der Waals surface area (Å²) in [6.45, 7) is 1.40. The molecule has 188 valence electrons. The van der Waals surface area contributed by atoms with Gasteiger partial charge >= 0.3 is 0 Å². The van der Waals surface area contributed by atoms with Crippen LogP contribution in [0, 0.1) is 0 Å². The van der Waals surface area contributed by atoms with Crippen molar-refractivity contribution in [3.05, 3.63) is 94.9 Å². The van der Waals surface area contributed by atoms with Crippen LogP contribution in [0.2, 0.25) is 0 Å². The zero-order valence-corrected chi connectivity index (χ0v) is 20.6. The molecule has 0 bridgehead atoms. The summed E-state index contributed by atoms with van der Waals surface area (Å²) < 4.78 is 0.813. The molecular formula is C27H24N4O5S. The van der Waals surface area contributed by atoms with Crippen LogP contribution in [0.1, 0.15) is 32.5 Å². The molecule has 0 aliphatic rings. The second-order valence-electron chi connectivity index (χ2n) is 8.27. The van der Waals surface area contributed by atoms with Crippen molar-refractivity contribution in [3.8, 4) is 0 Å². The van der Waals surface area contributed by atoms with Crippen molar-refractivity contribution >= 4 is 56.4 Å². The fourth-order valence-corrected chi connectivity index (χ4v) is 4.66. The van der Waals surface area contributed by atoms with Crippen molar-refractivity contribution in [3.63, 3.8) is 0 Å². The van der Waals surface area contributed by atoms with E-state index in [-0.39, 0.29) is 12.3 Å². The number of hydroxylamine groups is 1. The van der Waals surface area contributed by atoms with E-state index in [1.54, 1.807) is 54.0 Å². The Bertz CT molecular complexity index is 1450. The minimum atomic E-state index is -0.876. The van der Waals surface area contributed by atoms with Gasteiger partial charge in [0.1, 0.15) is 6.04 Å². The highest BCUT2D eigenvalue weighted by Crippen LogP contribution is 2.28. The fraction of sp³-hybridized carbons (Fsp3) is 0.111. The van der Waals surface area contributed by atoms with Gasteiger partial charge in [-0.3, -0.25) is 24.4 Å². The Hall–Kier alpha value is -4.54. The van der Waals surface area contributed by atoms with Gasteiger partial charge in [0.05, 0.1) is 4.88 Å². The molecule has 9 nitrogen and oxygen atoms in total. The monoisotopic (exact) mass is 516 g/mol. The van der Waals surface area contributed by atoms with Crippen LogP contribution < -0.4 is 21.4 Å². The van der Waals surface area contributed by atoms with Crippen LogP contribution in [-0.4, -0.2) is 34.9 Å². The molecule has 3 aromatic carbocycles. The standard InChI is InChI=1S/C27H24N4O5S/c1-16(32)28-20-9-7-18(8-10-20)25(33)30-22(13-17-5-3-2-4-6-17)26(34)29-21-11-12-23-19(14-21)15-24(37-23)27(35)31-36/h2-12,14-15,22,36H,13H2,1H3,(H,28,32)(H,29,34)(H,30,33)(H,31,35)/t22-/m0/s1. The maximum absolute atomic E-state index is 13.3. The number of hydrogen-bond donors (Lipinski definition) is 5. The maximum atomic E-state index is 13.3.